The first-order valence-electron chi connectivity index (χ1n) is 7.90. The minimum Gasteiger partial charge on any atom is -0.481 e. The quantitative estimate of drug-likeness (QED) is 0.812. The predicted molar refractivity (Wildman–Crippen MR) is 89.1 cm³/mol. The summed E-state index contributed by atoms with van der Waals surface area (Å²) < 4.78 is 1.61. The van der Waals surface area contributed by atoms with Crippen molar-refractivity contribution in [2.24, 2.45) is 0 Å². The highest BCUT2D eigenvalue weighted by Crippen LogP contribution is 2.22. The number of benzene rings is 1. The molecule has 0 atom stereocenters. The molecule has 1 amide bonds. The second-order valence-electron chi connectivity index (χ2n) is 5.85. The number of carbonyl (C=O) groups is 2. The van der Waals surface area contributed by atoms with Gasteiger partial charge in [-0.1, -0.05) is 13.8 Å². The minimum atomic E-state index is -0.919. The topological polar surface area (TPSA) is 97.1 Å². The Hall–Kier alpha value is -2.70. The Balaban J connectivity index is 2.24. The Morgan fingerprint density at radius 2 is 2.00 bits per heavy atom. The molecule has 7 nitrogen and oxygen atoms in total. The fourth-order valence-electron chi connectivity index (χ4n) is 2.71. The Labute approximate surface area is 140 Å². The molecule has 0 fully saturated rings. The zero-order chi connectivity index (χ0) is 17.7. The molecule has 0 saturated heterocycles. The first kappa shape index (κ1) is 17.7. The molecule has 24 heavy (non-hydrogen) atoms. The Bertz CT molecular complexity index is 721. The average Bonchev–Trinajstić information content (AvgIpc) is 3.07. The molecule has 0 radical (unpaired) electrons. The summed E-state index contributed by atoms with van der Waals surface area (Å²) >= 11 is 0. The predicted octanol–water partition coefficient (Wildman–Crippen LogP) is 2.34. The van der Waals surface area contributed by atoms with Gasteiger partial charge >= 0.3 is 5.97 Å². The van der Waals surface area contributed by atoms with Gasteiger partial charge in [-0.15, -0.1) is 0 Å². The third-order valence-electron chi connectivity index (χ3n) is 4.36. The van der Waals surface area contributed by atoms with Crippen molar-refractivity contribution in [2.45, 2.75) is 45.6 Å². The number of amides is 1. The van der Waals surface area contributed by atoms with Crippen molar-refractivity contribution in [1.82, 2.24) is 20.1 Å². The van der Waals surface area contributed by atoms with Crippen molar-refractivity contribution >= 4 is 11.9 Å². The van der Waals surface area contributed by atoms with E-state index < -0.39 is 11.5 Å². The molecule has 0 aliphatic rings. The monoisotopic (exact) mass is 330 g/mol. The lowest BCUT2D eigenvalue weighted by Crippen LogP contribution is -2.49. The van der Waals surface area contributed by atoms with Crippen molar-refractivity contribution in [3.05, 3.63) is 42.0 Å². The lowest BCUT2D eigenvalue weighted by atomic mass is 9.88. The van der Waals surface area contributed by atoms with Gasteiger partial charge in [0.05, 0.1) is 17.6 Å². The lowest BCUT2D eigenvalue weighted by Gasteiger charge is -2.31. The van der Waals surface area contributed by atoms with Gasteiger partial charge in [0.1, 0.15) is 12.7 Å². The maximum atomic E-state index is 12.6. The summed E-state index contributed by atoms with van der Waals surface area (Å²) in [5.41, 5.74) is 1.39. The average molecular weight is 330 g/mol. The number of nitrogens with one attached hydrogen (secondary N) is 1. The molecule has 7 heteroatoms. The molecular weight excluding hydrogens is 308 g/mol. The Kier molecular flexibility index (Phi) is 5.33. The maximum Gasteiger partial charge on any atom is 0.305 e. The molecule has 1 heterocycles. The molecule has 0 unspecified atom stereocenters. The molecule has 128 valence electrons. The highest BCUT2D eigenvalue weighted by atomic mass is 16.4. The van der Waals surface area contributed by atoms with Crippen LogP contribution in [0, 0.1) is 6.92 Å². The summed E-state index contributed by atoms with van der Waals surface area (Å²) in [5, 5.41) is 16.1. The maximum absolute atomic E-state index is 12.6. The van der Waals surface area contributed by atoms with Gasteiger partial charge in [-0.05, 0) is 43.5 Å². The second kappa shape index (κ2) is 7.25. The number of rotatable bonds is 7. The first-order chi connectivity index (χ1) is 11.4. The molecule has 0 spiro atoms. The number of aliphatic carboxylic acids is 1. The number of carbonyl (C=O) groups excluding carboxylic acids is 1. The minimum absolute atomic E-state index is 0.0954. The molecule has 0 saturated carbocycles. The number of aryl methyl sites for hydroxylation is 1. The summed E-state index contributed by atoms with van der Waals surface area (Å²) in [5.74, 6) is -1.18. The molecule has 2 rings (SSSR count). The van der Waals surface area contributed by atoms with E-state index >= 15 is 0 Å². The van der Waals surface area contributed by atoms with E-state index in [-0.39, 0.29) is 12.3 Å². The summed E-state index contributed by atoms with van der Waals surface area (Å²) in [4.78, 5) is 27.7. The van der Waals surface area contributed by atoms with E-state index in [0.717, 1.165) is 11.3 Å². The van der Waals surface area contributed by atoms with Gasteiger partial charge in [-0.3, -0.25) is 9.59 Å². The van der Waals surface area contributed by atoms with Crippen LogP contribution >= 0.6 is 0 Å². The van der Waals surface area contributed by atoms with Crippen LogP contribution in [-0.2, 0) is 4.79 Å². The van der Waals surface area contributed by atoms with Gasteiger partial charge in [0.15, 0.2) is 0 Å². The van der Waals surface area contributed by atoms with Crippen molar-refractivity contribution in [2.75, 3.05) is 0 Å². The molecule has 0 aliphatic heterocycles. The van der Waals surface area contributed by atoms with Gasteiger partial charge in [-0.25, -0.2) is 9.67 Å². The number of carboxylic acids is 1. The smallest absolute Gasteiger partial charge is 0.305 e. The summed E-state index contributed by atoms with van der Waals surface area (Å²) in [7, 11) is 0. The molecule has 2 N–H and O–H groups in total. The highest BCUT2D eigenvalue weighted by Gasteiger charge is 2.31. The number of carboxylic acid groups (broad SMARTS) is 1. The van der Waals surface area contributed by atoms with E-state index in [4.69, 9.17) is 5.11 Å². The fourth-order valence-corrected chi connectivity index (χ4v) is 2.71. The highest BCUT2D eigenvalue weighted by molar-refractivity contribution is 5.96. The van der Waals surface area contributed by atoms with Crippen LogP contribution in [0.15, 0.2) is 30.9 Å². The molecular formula is C17H22N4O3. The number of hydrogen-bond donors (Lipinski definition) is 2. The van der Waals surface area contributed by atoms with E-state index in [2.05, 4.69) is 15.4 Å². The summed E-state index contributed by atoms with van der Waals surface area (Å²) in [6.45, 7) is 5.60. The van der Waals surface area contributed by atoms with Crippen LogP contribution in [0.25, 0.3) is 5.69 Å². The van der Waals surface area contributed by atoms with Gasteiger partial charge in [-0.2, -0.15) is 5.10 Å². The summed E-state index contributed by atoms with van der Waals surface area (Å²) in [6.07, 6.45) is 4.04. The van der Waals surface area contributed by atoms with E-state index in [1.165, 1.54) is 6.33 Å². The normalized spacial score (nSPS) is 11.3. The van der Waals surface area contributed by atoms with E-state index in [1.807, 2.05) is 26.8 Å². The standard InChI is InChI=1S/C17H22N4O3/c1-4-17(5-2,9-15(22)23)20-16(24)14-7-6-13(8-12(14)3)21-11-18-10-19-21/h6-8,10-11H,4-5,9H2,1-3H3,(H,20,24)(H,22,23). The largest absolute Gasteiger partial charge is 0.481 e. The van der Waals surface area contributed by atoms with Crippen LogP contribution in [0.1, 0.15) is 49.0 Å². The number of aromatic nitrogens is 3. The van der Waals surface area contributed by atoms with Crippen molar-refractivity contribution < 1.29 is 14.7 Å². The van der Waals surface area contributed by atoms with Gasteiger partial charge in [0.25, 0.3) is 5.91 Å². The number of hydrogen-bond acceptors (Lipinski definition) is 4. The van der Waals surface area contributed by atoms with Crippen LogP contribution < -0.4 is 5.32 Å². The zero-order valence-electron chi connectivity index (χ0n) is 14.1. The van der Waals surface area contributed by atoms with Crippen LogP contribution in [0.2, 0.25) is 0 Å². The number of nitrogens with zero attached hydrogens (tertiary/aromatic N) is 3. The van der Waals surface area contributed by atoms with Gasteiger partial charge in [0, 0.05) is 5.56 Å². The first-order valence-corrected chi connectivity index (χ1v) is 7.90. The van der Waals surface area contributed by atoms with Gasteiger partial charge in [0.2, 0.25) is 0 Å². The lowest BCUT2D eigenvalue weighted by molar-refractivity contribution is -0.138. The third-order valence-corrected chi connectivity index (χ3v) is 4.36. The third kappa shape index (κ3) is 3.79. The van der Waals surface area contributed by atoms with E-state index in [9.17, 15) is 9.59 Å². The molecule has 0 bridgehead atoms. The zero-order valence-corrected chi connectivity index (χ0v) is 14.1. The van der Waals surface area contributed by atoms with E-state index in [0.29, 0.717) is 18.4 Å². The van der Waals surface area contributed by atoms with Crippen molar-refractivity contribution in [1.29, 1.82) is 0 Å². The van der Waals surface area contributed by atoms with Crippen molar-refractivity contribution in [3.63, 3.8) is 0 Å². The van der Waals surface area contributed by atoms with Crippen molar-refractivity contribution in [3.8, 4) is 5.69 Å². The van der Waals surface area contributed by atoms with Gasteiger partial charge < -0.3 is 10.4 Å². The summed E-state index contributed by atoms with van der Waals surface area (Å²) in [6, 6.07) is 5.35. The van der Waals surface area contributed by atoms with E-state index in [1.54, 1.807) is 23.1 Å². The fraction of sp³-hybridized carbons (Fsp3) is 0.412. The second-order valence-corrected chi connectivity index (χ2v) is 5.85. The SMILES string of the molecule is CCC(CC)(CC(=O)O)NC(=O)c1ccc(-n2cncn2)cc1C. The molecule has 1 aromatic heterocycles. The van der Waals surface area contributed by atoms with Crippen LogP contribution in [0.5, 0.6) is 0 Å². The Morgan fingerprint density at radius 3 is 2.50 bits per heavy atom. The van der Waals surface area contributed by atoms with Crippen LogP contribution in [0.3, 0.4) is 0 Å². The molecule has 2 aromatic rings. The van der Waals surface area contributed by atoms with Crippen LogP contribution in [0.4, 0.5) is 0 Å². The molecule has 1 aromatic carbocycles. The Morgan fingerprint density at radius 1 is 1.29 bits per heavy atom. The van der Waals surface area contributed by atoms with Crippen LogP contribution in [-0.4, -0.2) is 37.3 Å². The molecule has 0 aliphatic carbocycles.